The highest BCUT2D eigenvalue weighted by Crippen LogP contribution is 2.22. The fraction of sp³-hybridized carbons (Fsp3) is 0.393. The van der Waals surface area contributed by atoms with Gasteiger partial charge in [0.2, 0.25) is 12.0 Å². The zero-order chi connectivity index (χ0) is 27.4. The van der Waals surface area contributed by atoms with Crippen molar-refractivity contribution in [2.75, 3.05) is 6.54 Å². The predicted octanol–water partition coefficient (Wildman–Crippen LogP) is 2.32. The second-order valence-corrected chi connectivity index (χ2v) is 9.81. The normalized spacial score (nSPS) is 26.3. The third-order valence-electron chi connectivity index (χ3n) is 6.63. The van der Waals surface area contributed by atoms with Crippen molar-refractivity contribution in [3.8, 4) is 0 Å². The Bertz CT molecular complexity index is 1310. The van der Waals surface area contributed by atoms with E-state index < -0.39 is 36.0 Å². The molecule has 2 aliphatic heterocycles. The van der Waals surface area contributed by atoms with Crippen LogP contribution in [-0.2, 0) is 23.9 Å². The van der Waals surface area contributed by atoms with Crippen LogP contribution in [-0.4, -0.2) is 58.4 Å². The molecule has 3 amide bonds. The smallest absolute Gasteiger partial charge is 0.310 e. The van der Waals surface area contributed by atoms with Crippen LogP contribution in [0.5, 0.6) is 0 Å². The van der Waals surface area contributed by atoms with Gasteiger partial charge >= 0.3 is 5.97 Å². The number of ether oxygens (including phenoxy) is 1. The van der Waals surface area contributed by atoms with Crippen LogP contribution in [0.15, 0.2) is 48.7 Å². The first-order valence-corrected chi connectivity index (χ1v) is 12.7. The van der Waals surface area contributed by atoms with Gasteiger partial charge in [-0.15, -0.1) is 0 Å². The highest BCUT2D eigenvalue weighted by Gasteiger charge is 2.33. The molecule has 0 spiro atoms. The van der Waals surface area contributed by atoms with Gasteiger partial charge in [0.1, 0.15) is 12.1 Å². The van der Waals surface area contributed by atoms with Gasteiger partial charge in [-0.25, -0.2) is 5.43 Å². The van der Waals surface area contributed by atoms with E-state index >= 15 is 0 Å². The van der Waals surface area contributed by atoms with Crippen molar-refractivity contribution in [3.05, 3.63) is 59.9 Å². The highest BCUT2D eigenvalue weighted by atomic mass is 16.5. The maximum atomic E-state index is 13.1. The first-order chi connectivity index (χ1) is 18.1. The van der Waals surface area contributed by atoms with E-state index in [1.54, 1.807) is 32.2 Å². The summed E-state index contributed by atoms with van der Waals surface area (Å²) in [7, 11) is 0. The average Bonchev–Trinajstić information content (AvgIpc) is 2.90. The van der Waals surface area contributed by atoms with Crippen LogP contribution in [0.25, 0.3) is 16.8 Å². The first kappa shape index (κ1) is 27.0. The van der Waals surface area contributed by atoms with E-state index in [0.29, 0.717) is 30.7 Å². The number of carbonyl (C=O) groups excluding carboxylic acids is 4. The maximum Gasteiger partial charge on any atom is 0.310 e. The number of hydrogen-bond donors (Lipinski definition) is 3. The molecular weight excluding hydrogens is 486 g/mol. The number of amides is 3. The Hall–Kier alpha value is -4.05. The van der Waals surface area contributed by atoms with Crippen LogP contribution in [0.3, 0.4) is 0 Å². The Labute approximate surface area is 221 Å². The Kier molecular flexibility index (Phi) is 8.21. The van der Waals surface area contributed by atoms with E-state index in [4.69, 9.17) is 4.74 Å². The number of hydrogen-bond acceptors (Lipinski definition) is 7. The van der Waals surface area contributed by atoms with Gasteiger partial charge in [-0.05, 0) is 68.3 Å². The molecule has 4 atom stereocenters. The lowest BCUT2D eigenvalue weighted by atomic mass is 10.0. The molecule has 1 fully saturated rings. The van der Waals surface area contributed by atoms with Crippen LogP contribution in [0.4, 0.5) is 0 Å². The largest absolute Gasteiger partial charge is 0.447 e. The highest BCUT2D eigenvalue weighted by molar-refractivity contribution is 5.92. The number of esters is 1. The van der Waals surface area contributed by atoms with E-state index in [1.807, 2.05) is 31.2 Å². The number of pyridine rings is 1. The number of fused-ring (bicyclic) bond motifs is 4. The van der Waals surface area contributed by atoms with Gasteiger partial charge in [0, 0.05) is 18.1 Å². The van der Waals surface area contributed by atoms with Gasteiger partial charge in [-0.3, -0.25) is 29.2 Å². The second-order valence-electron chi connectivity index (χ2n) is 9.81. The monoisotopic (exact) mass is 519 g/mol. The summed E-state index contributed by atoms with van der Waals surface area (Å²) in [6.07, 6.45) is 4.94. The molecule has 200 valence electrons. The molecule has 0 radical (unpaired) electrons. The summed E-state index contributed by atoms with van der Waals surface area (Å²) < 4.78 is 5.38. The van der Waals surface area contributed by atoms with Gasteiger partial charge in [-0.2, -0.15) is 0 Å². The molecule has 38 heavy (non-hydrogen) atoms. The molecule has 3 N–H and O–H groups in total. The van der Waals surface area contributed by atoms with E-state index in [-0.39, 0.29) is 18.4 Å². The number of cyclic esters (lactones) is 1. The molecule has 10 heteroatoms. The molecule has 1 saturated heterocycles. The Balaban J connectivity index is 1.65. The molecule has 2 aliphatic rings. The summed E-state index contributed by atoms with van der Waals surface area (Å²) in [5, 5.41) is 8.88. The Morgan fingerprint density at radius 2 is 1.82 bits per heavy atom. The molecule has 1 aromatic heterocycles. The van der Waals surface area contributed by atoms with Crippen molar-refractivity contribution >= 4 is 40.5 Å². The van der Waals surface area contributed by atoms with Crippen LogP contribution in [0, 0.1) is 0 Å². The van der Waals surface area contributed by atoms with Crippen molar-refractivity contribution in [1.29, 1.82) is 0 Å². The van der Waals surface area contributed by atoms with Crippen LogP contribution >= 0.6 is 0 Å². The second kappa shape index (κ2) is 11.6. The number of hydrazine groups is 1. The van der Waals surface area contributed by atoms with E-state index in [9.17, 15) is 19.2 Å². The summed E-state index contributed by atoms with van der Waals surface area (Å²) >= 11 is 0. The molecule has 0 unspecified atom stereocenters. The summed E-state index contributed by atoms with van der Waals surface area (Å²) in [6.45, 7) is 9.18. The summed E-state index contributed by atoms with van der Waals surface area (Å²) in [5.41, 5.74) is 4.90. The molecule has 10 nitrogen and oxygen atoms in total. The SMILES string of the molecule is C=C(C)[C@@H]1OC(=O)C/C=C/c2cc3cc(ccc3cn2)[C@@H](C)NC(=O)[C@@H]2CCCN(N2)C(=O)[C@H](C)NC1=O. The summed E-state index contributed by atoms with van der Waals surface area (Å²) in [4.78, 5) is 55.9. The molecule has 0 saturated carbocycles. The number of rotatable bonds is 1. The molecule has 0 aliphatic carbocycles. The number of carbonyl (C=O) groups is 4. The number of aromatic nitrogens is 1. The number of benzene rings is 1. The minimum atomic E-state index is -1.24. The van der Waals surface area contributed by atoms with Crippen molar-refractivity contribution in [2.24, 2.45) is 0 Å². The summed E-state index contributed by atoms with van der Waals surface area (Å²) in [6, 6.07) is 6.00. The lowest BCUT2D eigenvalue weighted by Gasteiger charge is -2.35. The minimum Gasteiger partial charge on any atom is -0.447 e. The zero-order valence-corrected chi connectivity index (χ0v) is 21.8. The first-order valence-electron chi connectivity index (χ1n) is 12.7. The number of nitrogens with one attached hydrogen (secondary N) is 3. The van der Waals surface area contributed by atoms with Crippen molar-refractivity contribution < 1.29 is 23.9 Å². The Morgan fingerprint density at radius 1 is 1.05 bits per heavy atom. The summed E-state index contributed by atoms with van der Waals surface area (Å²) in [5.74, 6) is -1.88. The number of nitrogens with zero attached hydrogens (tertiary/aromatic N) is 2. The topological polar surface area (TPSA) is 130 Å². The lowest BCUT2D eigenvalue weighted by molar-refractivity contribution is -0.153. The maximum absolute atomic E-state index is 13.1. The van der Waals surface area contributed by atoms with Crippen molar-refractivity contribution in [3.63, 3.8) is 0 Å². The fourth-order valence-electron chi connectivity index (χ4n) is 4.49. The third-order valence-corrected chi connectivity index (χ3v) is 6.63. The van der Waals surface area contributed by atoms with Gasteiger partial charge in [0.25, 0.3) is 11.8 Å². The van der Waals surface area contributed by atoms with Gasteiger partial charge in [0.05, 0.1) is 18.2 Å². The molecule has 1 aromatic carbocycles. The zero-order valence-electron chi connectivity index (χ0n) is 21.8. The van der Waals surface area contributed by atoms with Crippen LogP contribution in [0.1, 0.15) is 57.3 Å². The third kappa shape index (κ3) is 6.25. The van der Waals surface area contributed by atoms with E-state index in [0.717, 1.165) is 16.3 Å². The van der Waals surface area contributed by atoms with Gasteiger partial charge in [-0.1, -0.05) is 24.8 Å². The quantitative estimate of drug-likeness (QED) is 0.389. The molecule has 3 heterocycles. The molecule has 5 bridgehead atoms. The average molecular weight is 520 g/mol. The van der Waals surface area contributed by atoms with Crippen molar-refractivity contribution in [1.82, 2.24) is 26.1 Å². The van der Waals surface area contributed by atoms with Crippen LogP contribution < -0.4 is 16.1 Å². The van der Waals surface area contributed by atoms with Gasteiger partial charge < -0.3 is 15.4 Å². The predicted molar refractivity (Wildman–Crippen MR) is 142 cm³/mol. The Morgan fingerprint density at radius 3 is 2.58 bits per heavy atom. The molecule has 4 rings (SSSR count). The van der Waals surface area contributed by atoms with Gasteiger partial charge in [0.15, 0.2) is 0 Å². The lowest BCUT2D eigenvalue weighted by Crippen LogP contribution is -2.61. The fourth-order valence-corrected chi connectivity index (χ4v) is 4.49. The van der Waals surface area contributed by atoms with Crippen molar-refractivity contribution in [2.45, 2.75) is 64.3 Å². The minimum absolute atomic E-state index is 0.0759. The standard InChI is InChI=1S/C28H33N5O5/c1-16(2)25-27(36)31-18(4)28(37)33-12-6-8-23(32-33)26(35)30-17(3)19-10-11-20-15-29-22(14-21(20)13-19)7-5-9-24(34)38-25/h5,7,10-11,13-15,17-18,23,25,32H,1,6,8-9,12H2,2-4H3,(H,30,35)(H,31,36)/b7-5+/t17-,18+,23+,25+/m1/s1. The molecule has 2 aromatic rings. The van der Waals surface area contributed by atoms with E-state index in [2.05, 4.69) is 27.6 Å². The van der Waals surface area contributed by atoms with E-state index in [1.165, 1.54) is 5.01 Å². The van der Waals surface area contributed by atoms with Crippen LogP contribution in [0.2, 0.25) is 0 Å². The molecular formula is C28H33N5O5.